The summed E-state index contributed by atoms with van der Waals surface area (Å²) in [4.78, 5) is 10.3. The lowest BCUT2D eigenvalue weighted by Gasteiger charge is -2.26. The summed E-state index contributed by atoms with van der Waals surface area (Å²) >= 11 is 0. The molecule has 0 saturated carbocycles. The Morgan fingerprint density at radius 2 is 2.38 bits per heavy atom. The van der Waals surface area contributed by atoms with Crippen molar-refractivity contribution in [2.24, 2.45) is 5.73 Å². The molecule has 5 nitrogen and oxygen atoms in total. The van der Waals surface area contributed by atoms with Gasteiger partial charge in [0.25, 0.3) is 0 Å². The first-order valence-electron chi connectivity index (χ1n) is 4.03. The molecule has 0 aromatic heterocycles. The van der Waals surface area contributed by atoms with E-state index in [0.29, 0.717) is 0 Å². The van der Waals surface area contributed by atoms with Crippen LogP contribution in [0.2, 0.25) is 0 Å². The average Bonchev–Trinajstić information content (AvgIpc) is 2.09. The zero-order valence-corrected chi connectivity index (χ0v) is 7.34. The van der Waals surface area contributed by atoms with E-state index in [9.17, 15) is 10.1 Å². The van der Waals surface area contributed by atoms with Gasteiger partial charge >= 0.3 is 5.72 Å². The molecule has 0 heterocycles. The molecule has 0 fully saturated rings. The number of nitrogens with zero attached hydrogens (tertiary/aromatic N) is 1. The fourth-order valence-corrected chi connectivity index (χ4v) is 1.24. The lowest BCUT2D eigenvalue weighted by molar-refractivity contribution is -0.615. The molecule has 0 spiro atoms. The number of hydrogen-bond acceptors (Lipinski definition) is 4. The molecular formula is C8H12N2O3. The maximum atomic E-state index is 10.8. The molecule has 1 rings (SSSR count). The Hall–Kier alpha value is -1.20. The van der Waals surface area contributed by atoms with E-state index >= 15 is 0 Å². The largest absolute Gasteiger partial charge is 0.363 e. The highest BCUT2D eigenvalue weighted by molar-refractivity contribution is 5.21. The summed E-state index contributed by atoms with van der Waals surface area (Å²) in [5, 5.41) is 10.8. The first-order chi connectivity index (χ1) is 6.13. The van der Waals surface area contributed by atoms with Crippen molar-refractivity contribution in [3.8, 4) is 0 Å². The molecule has 5 heteroatoms. The van der Waals surface area contributed by atoms with Crippen LogP contribution in [-0.4, -0.2) is 23.3 Å². The molecule has 2 atom stereocenters. The zero-order valence-electron chi connectivity index (χ0n) is 7.34. The summed E-state index contributed by atoms with van der Waals surface area (Å²) in [5.74, 6) is 0. The number of rotatable bonds is 3. The average molecular weight is 184 g/mol. The molecule has 2 unspecified atom stereocenters. The Labute approximate surface area is 76.0 Å². The second kappa shape index (κ2) is 3.68. The Morgan fingerprint density at radius 1 is 1.69 bits per heavy atom. The predicted octanol–water partition coefficient (Wildman–Crippen LogP) is 0.449. The molecule has 0 bridgehead atoms. The highest BCUT2D eigenvalue weighted by Crippen LogP contribution is 2.22. The lowest BCUT2D eigenvalue weighted by atomic mass is 10.00. The molecule has 0 amide bonds. The van der Waals surface area contributed by atoms with Crippen LogP contribution in [0.25, 0.3) is 0 Å². The van der Waals surface area contributed by atoms with Crippen molar-refractivity contribution in [3.63, 3.8) is 0 Å². The molecule has 0 radical (unpaired) electrons. The molecule has 0 aromatic carbocycles. The van der Waals surface area contributed by atoms with Gasteiger partial charge in [0, 0.05) is 6.08 Å². The quantitative estimate of drug-likeness (QED) is 0.392. The van der Waals surface area contributed by atoms with Crippen LogP contribution in [0.5, 0.6) is 0 Å². The SMILES string of the molecule is CCOC1([N+](=O)[O-])C=CC=CC1N. The van der Waals surface area contributed by atoms with Gasteiger partial charge in [-0.25, -0.2) is 0 Å². The van der Waals surface area contributed by atoms with E-state index in [1.165, 1.54) is 6.08 Å². The summed E-state index contributed by atoms with van der Waals surface area (Å²) in [6, 6.07) is -0.729. The standard InChI is InChI=1S/C8H12N2O3/c1-2-13-8(10(11)12)6-4-3-5-7(8)9/h3-7H,2,9H2,1H3. The highest BCUT2D eigenvalue weighted by atomic mass is 16.7. The molecule has 13 heavy (non-hydrogen) atoms. The van der Waals surface area contributed by atoms with Crippen molar-refractivity contribution in [3.05, 3.63) is 34.4 Å². The minimum Gasteiger partial charge on any atom is -0.316 e. The second-order valence-corrected chi connectivity index (χ2v) is 2.71. The number of ether oxygens (including phenoxy) is 1. The number of nitrogens with two attached hydrogens (primary N) is 1. The van der Waals surface area contributed by atoms with Gasteiger partial charge in [0.15, 0.2) is 0 Å². The van der Waals surface area contributed by atoms with Crippen molar-refractivity contribution < 1.29 is 9.66 Å². The van der Waals surface area contributed by atoms with Gasteiger partial charge in [0.1, 0.15) is 6.04 Å². The van der Waals surface area contributed by atoms with Crippen LogP contribution in [0, 0.1) is 10.1 Å². The molecule has 0 saturated heterocycles. The summed E-state index contributed by atoms with van der Waals surface area (Å²) in [6.07, 6.45) is 6.17. The van der Waals surface area contributed by atoms with Crippen LogP contribution in [0.3, 0.4) is 0 Å². The van der Waals surface area contributed by atoms with Crippen LogP contribution in [0.1, 0.15) is 6.92 Å². The normalized spacial score (nSPS) is 32.0. The third-order valence-electron chi connectivity index (χ3n) is 1.90. The first kappa shape index (κ1) is 9.88. The van der Waals surface area contributed by atoms with Gasteiger partial charge < -0.3 is 10.5 Å². The third kappa shape index (κ3) is 1.61. The molecular weight excluding hydrogens is 172 g/mol. The van der Waals surface area contributed by atoms with Crippen LogP contribution < -0.4 is 5.73 Å². The van der Waals surface area contributed by atoms with Crippen molar-refractivity contribution in [1.29, 1.82) is 0 Å². The number of allylic oxidation sites excluding steroid dienone is 2. The zero-order chi connectivity index (χ0) is 9.90. The van der Waals surface area contributed by atoms with Gasteiger partial charge in [-0.1, -0.05) is 18.2 Å². The summed E-state index contributed by atoms with van der Waals surface area (Å²) < 4.78 is 5.08. The van der Waals surface area contributed by atoms with E-state index in [2.05, 4.69) is 0 Å². The van der Waals surface area contributed by atoms with Crippen molar-refractivity contribution in [2.45, 2.75) is 18.7 Å². The summed E-state index contributed by atoms with van der Waals surface area (Å²) in [6.45, 7) is 1.96. The van der Waals surface area contributed by atoms with Crippen LogP contribution in [0.15, 0.2) is 24.3 Å². The van der Waals surface area contributed by atoms with Gasteiger partial charge in [-0.15, -0.1) is 0 Å². The number of nitro groups is 1. The highest BCUT2D eigenvalue weighted by Gasteiger charge is 2.47. The molecule has 2 N–H and O–H groups in total. The summed E-state index contributed by atoms with van der Waals surface area (Å²) in [5.41, 5.74) is 4.02. The van der Waals surface area contributed by atoms with E-state index in [1.54, 1.807) is 25.2 Å². The molecule has 1 aliphatic rings. The van der Waals surface area contributed by atoms with Gasteiger partial charge in [-0.05, 0) is 6.92 Å². The maximum Gasteiger partial charge on any atom is 0.363 e. The Bertz CT molecular complexity index is 262. The van der Waals surface area contributed by atoms with Crippen LogP contribution in [-0.2, 0) is 4.74 Å². The monoisotopic (exact) mass is 184 g/mol. The Morgan fingerprint density at radius 3 is 2.85 bits per heavy atom. The summed E-state index contributed by atoms with van der Waals surface area (Å²) in [7, 11) is 0. The van der Waals surface area contributed by atoms with E-state index in [4.69, 9.17) is 10.5 Å². The van der Waals surface area contributed by atoms with Gasteiger partial charge in [0.05, 0.1) is 11.5 Å². The van der Waals surface area contributed by atoms with Gasteiger partial charge in [-0.3, -0.25) is 10.1 Å². The van der Waals surface area contributed by atoms with Crippen molar-refractivity contribution in [1.82, 2.24) is 0 Å². The second-order valence-electron chi connectivity index (χ2n) is 2.71. The predicted molar refractivity (Wildman–Crippen MR) is 47.6 cm³/mol. The van der Waals surface area contributed by atoms with E-state index in [-0.39, 0.29) is 6.61 Å². The smallest absolute Gasteiger partial charge is 0.316 e. The lowest BCUT2D eigenvalue weighted by Crippen LogP contribution is -2.54. The molecule has 0 aromatic rings. The first-order valence-corrected chi connectivity index (χ1v) is 4.03. The topological polar surface area (TPSA) is 78.4 Å². The minimum absolute atomic E-state index is 0.257. The van der Waals surface area contributed by atoms with Crippen molar-refractivity contribution in [2.75, 3.05) is 6.61 Å². The van der Waals surface area contributed by atoms with Crippen LogP contribution in [0.4, 0.5) is 0 Å². The van der Waals surface area contributed by atoms with E-state index in [1.807, 2.05) is 0 Å². The molecule has 1 aliphatic carbocycles. The van der Waals surface area contributed by atoms with E-state index < -0.39 is 16.7 Å². The van der Waals surface area contributed by atoms with Crippen LogP contribution >= 0.6 is 0 Å². The molecule has 0 aliphatic heterocycles. The van der Waals surface area contributed by atoms with E-state index in [0.717, 1.165) is 0 Å². The van der Waals surface area contributed by atoms with Gasteiger partial charge in [0.2, 0.25) is 0 Å². The Kier molecular flexibility index (Phi) is 2.79. The fourth-order valence-electron chi connectivity index (χ4n) is 1.24. The van der Waals surface area contributed by atoms with Crippen molar-refractivity contribution >= 4 is 0 Å². The third-order valence-corrected chi connectivity index (χ3v) is 1.90. The maximum absolute atomic E-state index is 10.8. The fraction of sp³-hybridized carbons (Fsp3) is 0.500. The Balaban J connectivity index is 2.96. The molecule has 72 valence electrons. The number of hydrogen-bond donors (Lipinski definition) is 1. The minimum atomic E-state index is -1.58. The van der Waals surface area contributed by atoms with Gasteiger partial charge in [-0.2, -0.15) is 0 Å².